The first kappa shape index (κ1) is 22.6. The van der Waals surface area contributed by atoms with E-state index in [0.29, 0.717) is 4.52 Å². The quantitative estimate of drug-likeness (QED) is 0.453. The van der Waals surface area contributed by atoms with E-state index in [1.165, 1.54) is 6.07 Å². The molecule has 0 aliphatic heterocycles. The van der Waals surface area contributed by atoms with Crippen molar-refractivity contribution in [3.63, 3.8) is 0 Å². The lowest BCUT2D eigenvalue weighted by molar-refractivity contribution is -0.142. The molecule has 3 heterocycles. The van der Waals surface area contributed by atoms with E-state index in [2.05, 4.69) is 15.4 Å². The lowest BCUT2D eigenvalue weighted by Gasteiger charge is -2.19. The molecule has 0 saturated carbocycles. The molecule has 6 nitrogen and oxygen atoms in total. The molecule has 1 atom stereocenters. The van der Waals surface area contributed by atoms with Crippen LogP contribution in [0.4, 0.5) is 13.2 Å². The number of rotatable bonds is 4. The number of carbonyl (C=O) groups is 1. The average Bonchev–Trinajstić information content (AvgIpc) is 3.41. The first-order valence-electron chi connectivity index (χ1n) is 10.5. The van der Waals surface area contributed by atoms with Crippen LogP contribution in [0.1, 0.15) is 61.2 Å². The Kier molecular flexibility index (Phi) is 5.51. The summed E-state index contributed by atoms with van der Waals surface area (Å²) in [4.78, 5) is 17.1. The van der Waals surface area contributed by atoms with Crippen molar-refractivity contribution < 1.29 is 18.0 Å². The highest BCUT2D eigenvalue weighted by molar-refractivity contribution is 5.93. The number of nitrogens with one attached hydrogen (secondary N) is 1. The molecule has 0 bridgehead atoms. The minimum Gasteiger partial charge on any atom is -0.344 e. The summed E-state index contributed by atoms with van der Waals surface area (Å²) in [5.74, 6) is -0.576. The Morgan fingerprint density at radius 3 is 2.24 bits per heavy atom. The van der Waals surface area contributed by atoms with Crippen molar-refractivity contribution in [2.24, 2.45) is 0 Å². The summed E-state index contributed by atoms with van der Waals surface area (Å²) in [6.07, 6.45) is -0.786. The van der Waals surface area contributed by atoms with Gasteiger partial charge in [0.25, 0.3) is 5.91 Å². The molecule has 4 rings (SSSR count). The van der Waals surface area contributed by atoms with Crippen LogP contribution in [0.25, 0.3) is 11.3 Å². The summed E-state index contributed by atoms with van der Waals surface area (Å²) < 4.78 is 43.7. The summed E-state index contributed by atoms with van der Waals surface area (Å²) >= 11 is 0. The van der Waals surface area contributed by atoms with E-state index in [-0.39, 0.29) is 23.1 Å². The van der Waals surface area contributed by atoms with Gasteiger partial charge in [-0.1, -0.05) is 32.9 Å². The first-order valence-corrected chi connectivity index (χ1v) is 10.5. The zero-order valence-corrected chi connectivity index (χ0v) is 18.7. The molecule has 3 aromatic heterocycles. The molecular formula is C24H24F3N5O. The van der Waals surface area contributed by atoms with Crippen molar-refractivity contribution in [3.8, 4) is 5.69 Å². The third-order valence-corrected chi connectivity index (χ3v) is 5.36. The Morgan fingerprint density at radius 1 is 1.03 bits per heavy atom. The van der Waals surface area contributed by atoms with Gasteiger partial charge >= 0.3 is 6.18 Å². The van der Waals surface area contributed by atoms with Gasteiger partial charge in [0.1, 0.15) is 5.69 Å². The van der Waals surface area contributed by atoms with Gasteiger partial charge in [-0.15, -0.1) is 0 Å². The summed E-state index contributed by atoms with van der Waals surface area (Å²) in [7, 11) is 0. The SMILES string of the molecule is CC(NC(=O)c1cc2nc(C(C)(C)C)cc(C(F)(F)F)n2n1)c1ccc(-n2cccc2)cc1. The number of amides is 1. The molecule has 1 amide bonds. The predicted octanol–water partition coefficient (Wildman–Crippen LogP) is 5.33. The molecule has 1 unspecified atom stereocenters. The fourth-order valence-corrected chi connectivity index (χ4v) is 3.47. The van der Waals surface area contributed by atoms with Gasteiger partial charge in [-0.3, -0.25) is 4.79 Å². The van der Waals surface area contributed by atoms with Crippen molar-refractivity contribution >= 4 is 11.6 Å². The van der Waals surface area contributed by atoms with Gasteiger partial charge in [-0.05, 0) is 42.8 Å². The lowest BCUT2D eigenvalue weighted by atomic mass is 9.91. The highest BCUT2D eigenvalue weighted by atomic mass is 19.4. The summed E-state index contributed by atoms with van der Waals surface area (Å²) in [5.41, 5.74) is 0.375. The fraction of sp³-hybridized carbons (Fsp3) is 0.292. The zero-order valence-electron chi connectivity index (χ0n) is 18.7. The number of halogens is 3. The van der Waals surface area contributed by atoms with Crippen molar-refractivity contribution in [1.29, 1.82) is 0 Å². The summed E-state index contributed by atoms with van der Waals surface area (Å²) in [6, 6.07) is 13.4. The monoisotopic (exact) mass is 455 g/mol. The standard InChI is InChI=1S/C24H24F3N5O/c1-15(16-7-9-17(10-8-16)31-11-5-6-12-31)28-22(33)18-13-21-29-19(23(2,3)4)14-20(24(25,26)27)32(21)30-18/h5-15H,1-4H3,(H,28,33). The highest BCUT2D eigenvalue weighted by Crippen LogP contribution is 2.32. The predicted molar refractivity (Wildman–Crippen MR) is 118 cm³/mol. The molecule has 33 heavy (non-hydrogen) atoms. The maximum atomic E-state index is 13.7. The molecule has 0 saturated heterocycles. The topological polar surface area (TPSA) is 64.2 Å². The van der Waals surface area contributed by atoms with Gasteiger partial charge in [0.05, 0.1) is 11.7 Å². The smallest absolute Gasteiger partial charge is 0.344 e. The second kappa shape index (κ2) is 8.06. The molecule has 172 valence electrons. The van der Waals surface area contributed by atoms with Crippen molar-refractivity contribution in [1.82, 2.24) is 24.5 Å². The maximum absolute atomic E-state index is 13.7. The van der Waals surface area contributed by atoms with Gasteiger partial charge in [-0.2, -0.15) is 18.3 Å². The van der Waals surface area contributed by atoms with Crippen molar-refractivity contribution in [2.45, 2.75) is 45.3 Å². The van der Waals surface area contributed by atoms with E-state index in [1.54, 1.807) is 27.7 Å². The fourth-order valence-electron chi connectivity index (χ4n) is 3.47. The molecule has 0 fully saturated rings. The van der Waals surface area contributed by atoms with Crippen LogP contribution in [0.2, 0.25) is 0 Å². The molecule has 0 radical (unpaired) electrons. The van der Waals surface area contributed by atoms with Gasteiger partial charge < -0.3 is 9.88 Å². The molecule has 0 aliphatic carbocycles. The second-order valence-corrected chi connectivity index (χ2v) is 8.95. The van der Waals surface area contributed by atoms with Crippen LogP contribution in [-0.2, 0) is 11.6 Å². The summed E-state index contributed by atoms with van der Waals surface area (Å²) in [5, 5.41) is 6.72. The molecule has 0 aliphatic rings. The second-order valence-electron chi connectivity index (χ2n) is 8.95. The number of fused-ring (bicyclic) bond motifs is 1. The van der Waals surface area contributed by atoms with E-state index in [9.17, 15) is 18.0 Å². The van der Waals surface area contributed by atoms with Crippen LogP contribution >= 0.6 is 0 Å². The highest BCUT2D eigenvalue weighted by Gasteiger charge is 2.36. The number of hydrogen-bond donors (Lipinski definition) is 1. The molecule has 1 aromatic carbocycles. The number of hydrogen-bond acceptors (Lipinski definition) is 3. The van der Waals surface area contributed by atoms with Crippen molar-refractivity contribution in [3.05, 3.63) is 83.6 Å². The molecule has 0 spiro atoms. The Labute approximate surface area is 189 Å². The third kappa shape index (κ3) is 4.62. The molecule has 1 N–H and O–H groups in total. The van der Waals surface area contributed by atoms with Gasteiger partial charge in [0.2, 0.25) is 0 Å². The van der Waals surface area contributed by atoms with E-state index < -0.39 is 23.2 Å². The van der Waals surface area contributed by atoms with Crippen LogP contribution in [0.3, 0.4) is 0 Å². The van der Waals surface area contributed by atoms with Gasteiger partial charge in [-0.25, -0.2) is 9.50 Å². The van der Waals surface area contributed by atoms with E-state index in [4.69, 9.17) is 0 Å². The number of aromatic nitrogens is 4. The van der Waals surface area contributed by atoms with E-state index >= 15 is 0 Å². The van der Waals surface area contributed by atoms with E-state index in [1.807, 2.05) is 53.4 Å². The Hall–Kier alpha value is -3.62. The minimum atomic E-state index is -4.64. The zero-order chi connectivity index (χ0) is 24.0. The van der Waals surface area contributed by atoms with Crippen LogP contribution < -0.4 is 5.32 Å². The lowest BCUT2D eigenvalue weighted by Crippen LogP contribution is -2.27. The van der Waals surface area contributed by atoms with Crippen LogP contribution in [0.5, 0.6) is 0 Å². The van der Waals surface area contributed by atoms with Crippen LogP contribution in [-0.4, -0.2) is 25.1 Å². The largest absolute Gasteiger partial charge is 0.433 e. The Balaban J connectivity index is 1.60. The first-order chi connectivity index (χ1) is 15.4. The third-order valence-electron chi connectivity index (χ3n) is 5.36. The van der Waals surface area contributed by atoms with Gasteiger partial charge in [0.15, 0.2) is 11.3 Å². The van der Waals surface area contributed by atoms with Crippen molar-refractivity contribution in [2.75, 3.05) is 0 Å². The van der Waals surface area contributed by atoms with Crippen LogP contribution in [0, 0.1) is 0 Å². The Bertz CT molecular complexity index is 1280. The number of benzene rings is 1. The normalized spacial score (nSPS) is 13.3. The Morgan fingerprint density at radius 2 is 1.67 bits per heavy atom. The summed E-state index contributed by atoms with van der Waals surface area (Å²) in [6.45, 7) is 7.13. The minimum absolute atomic E-state index is 0.0244. The van der Waals surface area contributed by atoms with Crippen LogP contribution in [0.15, 0.2) is 60.9 Å². The van der Waals surface area contributed by atoms with E-state index in [0.717, 1.165) is 17.3 Å². The number of carbonyl (C=O) groups excluding carboxylic acids is 1. The number of nitrogens with zero attached hydrogens (tertiary/aromatic N) is 4. The molecular weight excluding hydrogens is 431 g/mol. The maximum Gasteiger partial charge on any atom is 0.433 e. The number of alkyl halides is 3. The molecule has 4 aromatic rings. The van der Waals surface area contributed by atoms with Gasteiger partial charge in [0, 0.05) is 29.6 Å². The average molecular weight is 455 g/mol. The molecule has 9 heteroatoms.